The first-order valence-electron chi connectivity index (χ1n) is 11.8. The van der Waals surface area contributed by atoms with Crippen molar-refractivity contribution in [1.82, 2.24) is 9.80 Å². The molecule has 1 amide bonds. The Hall–Kier alpha value is -2.69. The predicted molar refractivity (Wildman–Crippen MR) is 135 cm³/mol. The van der Waals surface area contributed by atoms with Crippen LogP contribution < -0.4 is 0 Å². The number of alkyl halides is 1. The van der Waals surface area contributed by atoms with E-state index >= 15 is 0 Å². The highest BCUT2D eigenvalue weighted by molar-refractivity contribution is 6.18. The van der Waals surface area contributed by atoms with Crippen LogP contribution in [0.1, 0.15) is 35.1 Å². The Bertz CT molecular complexity index is 1060. The number of halogens is 1. The molecule has 0 spiro atoms. The Morgan fingerprint density at radius 1 is 1.06 bits per heavy atom. The summed E-state index contributed by atoms with van der Waals surface area (Å²) in [7, 11) is 0. The fourth-order valence-corrected chi connectivity index (χ4v) is 5.75. The lowest BCUT2D eigenvalue weighted by Gasteiger charge is -2.47. The summed E-state index contributed by atoms with van der Waals surface area (Å²) >= 11 is 6.55. The first-order chi connectivity index (χ1) is 16.3. The first kappa shape index (κ1) is 22.1. The van der Waals surface area contributed by atoms with Crippen molar-refractivity contribution in [1.29, 1.82) is 0 Å². The van der Waals surface area contributed by atoms with Crippen molar-refractivity contribution < 1.29 is 4.79 Å². The summed E-state index contributed by atoms with van der Waals surface area (Å²) in [5, 5.41) is 0. The van der Waals surface area contributed by atoms with Gasteiger partial charge in [-0.25, -0.2) is 0 Å². The quantitative estimate of drug-likeness (QED) is 0.600. The molecular formula is C28H30ClN3O. The summed E-state index contributed by atoms with van der Waals surface area (Å²) in [6.45, 7) is 2.70. The van der Waals surface area contributed by atoms with Crippen LogP contribution in [0.15, 0.2) is 83.9 Å². The molecule has 0 N–H and O–H groups in total. The van der Waals surface area contributed by atoms with Crippen molar-refractivity contribution in [3.63, 3.8) is 0 Å². The van der Waals surface area contributed by atoms with Crippen molar-refractivity contribution in [2.24, 2.45) is 10.9 Å². The molecule has 170 valence electrons. The van der Waals surface area contributed by atoms with Crippen molar-refractivity contribution in [3.8, 4) is 0 Å². The van der Waals surface area contributed by atoms with Gasteiger partial charge in [0.15, 0.2) is 0 Å². The molecule has 0 radical (unpaired) electrons. The monoisotopic (exact) mass is 459 g/mol. The maximum atomic E-state index is 13.6. The van der Waals surface area contributed by atoms with Crippen LogP contribution in [0.2, 0.25) is 0 Å². The van der Waals surface area contributed by atoms with Gasteiger partial charge in [0.25, 0.3) is 0 Å². The average Bonchev–Trinajstić information content (AvgIpc) is 2.89. The van der Waals surface area contributed by atoms with Gasteiger partial charge in [0.1, 0.15) is 0 Å². The van der Waals surface area contributed by atoms with Gasteiger partial charge in [-0.1, -0.05) is 78.9 Å². The second-order valence-electron chi connectivity index (χ2n) is 9.07. The summed E-state index contributed by atoms with van der Waals surface area (Å²) < 4.78 is 0. The van der Waals surface area contributed by atoms with Crippen LogP contribution in [0.25, 0.3) is 0 Å². The molecule has 4 unspecified atom stereocenters. The summed E-state index contributed by atoms with van der Waals surface area (Å²) in [5.41, 5.74) is 3.45. The normalized spacial score (nSPS) is 25.6. The number of hydrogen-bond acceptors (Lipinski definition) is 3. The van der Waals surface area contributed by atoms with Crippen LogP contribution in [-0.4, -0.2) is 60.0 Å². The van der Waals surface area contributed by atoms with E-state index in [2.05, 4.69) is 70.6 Å². The maximum absolute atomic E-state index is 13.6. The van der Waals surface area contributed by atoms with Crippen LogP contribution in [0.4, 0.5) is 0 Å². The number of carbonyl (C=O) groups excluding carboxylic acids is 1. The third-order valence-electron chi connectivity index (χ3n) is 7.12. The summed E-state index contributed by atoms with van der Waals surface area (Å²) in [6, 6.07) is 19.2. The SMILES string of the molecule is O=C(C1CN=Cc2ccccc21)N1CCN(C(c2ccccc2)C2C=CC=CC2)C(CCl)C1. The number of piperazine rings is 1. The lowest BCUT2D eigenvalue weighted by atomic mass is 9.85. The molecule has 0 bridgehead atoms. The number of benzene rings is 2. The van der Waals surface area contributed by atoms with E-state index in [1.807, 2.05) is 29.3 Å². The Balaban J connectivity index is 1.37. The van der Waals surface area contributed by atoms with E-state index < -0.39 is 0 Å². The summed E-state index contributed by atoms with van der Waals surface area (Å²) in [4.78, 5) is 22.6. The van der Waals surface area contributed by atoms with Crippen LogP contribution in [0.3, 0.4) is 0 Å². The highest BCUT2D eigenvalue weighted by atomic mass is 35.5. The van der Waals surface area contributed by atoms with E-state index in [-0.39, 0.29) is 23.9 Å². The molecule has 4 atom stereocenters. The fourth-order valence-electron chi connectivity index (χ4n) is 5.47. The molecule has 1 fully saturated rings. The largest absolute Gasteiger partial charge is 0.339 e. The predicted octanol–water partition coefficient (Wildman–Crippen LogP) is 4.83. The highest BCUT2D eigenvalue weighted by Gasteiger charge is 2.39. The molecule has 5 rings (SSSR count). The first-order valence-corrected chi connectivity index (χ1v) is 12.4. The smallest absolute Gasteiger partial charge is 0.232 e. The van der Waals surface area contributed by atoms with E-state index in [0.717, 1.165) is 24.1 Å². The molecule has 2 heterocycles. The second kappa shape index (κ2) is 10.1. The van der Waals surface area contributed by atoms with Crippen molar-refractivity contribution >= 4 is 23.7 Å². The minimum Gasteiger partial charge on any atom is -0.339 e. The van der Waals surface area contributed by atoms with E-state index in [4.69, 9.17) is 11.6 Å². The molecule has 4 nitrogen and oxygen atoms in total. The van der Waals surface area contributed by atoms with E-state index in [1.165, 1.54) is 5.56 Å². The third-order valence-corrected chi connectivity index (χ3v) is 7.48. The highest BCUT2D eigenvalue weighted by Crippen LogP contribution is 2.37. The number of hydrogen-bond donors (Lipinski definition) is 0. The Morgan fingerprint density at radius 2 is 1.88 bits per heavy atom. The number of fused-ring (bicyclic) bond motifs is 1. The van der Waals surface area contributed by atoms with Crippen molar-refractivity contribution in [2.45, 2.75) is 24.4 Å². The van der Waals surface area contributed by atoms with E-state index in [1.54, 1.807) is 0 Å². The third kappa shape index (κ3) is 4.55. The number of allylic oxidation sites excluding steroid dienone is 3. The fraction of sp³-hybridized carbons (Fsp3) is 0.357. The van der Waals surface area contributed by atoms with Gasteiger partial charge < -0.3 is 4.90 Å². The lowest BCUT2D eigenvalue weighted by Crippen LogP contribution is -2.58. The number of nitrogens with zero attached hydrogens (tertiary/aromatic N) is 3. The molecule has 0 aromatic heterocycles. The lowest BCUT2D eigenvalue weighted by molar-refractivity contribution is -0.136. The van der Waals surface area contributed by atoms with E-state index in [0.29, 0.717) is 31.4 Å². The van der Waals surface area contributed by atoms with Crippen molar-refractivity contribution in [3.05, 3.63) is 95.6 Å². The van der Waals surface area contributed by atoms with Gasteiger partial charge in [0.2, 0.25) is 5.91 Å². The minimum absolute atomic E-state index is 0.108. The Kier molecular flexibility index (Phi) is 6.75. The minimum atomic E-state index is -0.204. The molecule has 5 heteroatoms. The van der Waals surface area contributed by atoms with Crippen LogP contribution in [0, 0.1) is 5.92 Å². The average molecular weight is 460 g/mol. The molecule has 33 heavy (non-hydrogen) atoms. The molecule has 1 saturated heterocycles. The number of amides is 1. The van der Waals surface area contributed by atoms with Crippen LogP contribution in [0.5, 0.6) is 0 Å². The molecule has 2 aromatic rings. The van der Waals surface area contributed by atoms with Gasteiger partial charge >= 0.3 is 0 Å². The van der Waals surface area contributed by atoms with Gasteiger partial charge in [0.05, 0.1) is 12.5 Å². The summed E-state index contributed by atoms with van der Waals surface area (Å²) in [5.74, 6) is 0.861. The molecule has 3 aliphatic rings. The summed E-state index contributed by atoms with van der Waals surface area (Å²) in [6.07, 6.45) is 11.7. The Labute approximate surface area is 201 Å². The standard InChI is InChI=1S/C28H30ClN3O/c29-17-24-20-31(28(33)26-19-30-18-23-13-7-8-14-25(23)26)15-16-32(24)27(21-9-3-1-4-10-21)22-11-5-2-6-12-22/h1-11,13-14,18,22,24,26-27H,12,15-17,19-20H2. The van der Waals surface area contributed by atoms with Gasteiger partial charge in [-0.2, -0.15) is 0 Å². The van der Waals surface area contributed by atoms with Crippen LogP contribution >= 0.6 is 11.6 Å². The Morgan fingerprint density at radius 3 is 2.67 bits per heavy atom. The topological polar surface area (TPSA) is 35.9 Å². The zero-order valence-electron chi connectivity index (χ0n) is 18.8. The van der Waals surface area contributed by atoms with Crippen molar-refractivity contribution in [2.75, 3.05) is 32.1 Å². The zero-order valence-corrected chi connectivity index (χ0v) is 19.5. The molecular weight excluding hydrogens is 430 g/mol. The maximum Gasteiger partial charge on any atom is 0.232 e. The number of carbonyl (C=O) groups is 1. The molecule has 2 aromatic carbocycles. The van der Waals surface area contributed by atoms with Crippen LogP contribution in [-0.2, 0) is 4.79 Å². The molecule has 0 saturated carbocycles. The van der Waals surface area contributed by atoms with Gasteiger partial charge in [0, 0.05) is 49.7 Å². The molecule has 1 aliphatic carbocycles. The second-order valence-corrected chi connectivity index (χ2v) is 9.38. The number of rotatable bonds is 5. The zero-order chi connectivity index (χ0) is 22.6. The van der Waals surface area contributed by atoms with E-state index in [9.17, 15) is 4.79 Å². The number of aliphatic imine (C=N–C) groups is 1. The van der Waals surface area contributed by atoms with Gasteiger partial charge in [-0.05, 0) is 23.1 Å². The molecule has 2 aliphatic heterocycles. The van der Waals surface area contributed by atoms with Gasteiger partial charge in [-0.15, -0.1) is 11.6 Å². The van der Waals surface area contributed by atoms with Gasteiger partial charge in [-0.3, -0.25) is 14.7 Å².